The van der Waals surface area contributed by atoms with Gasteiger partial charge < -0.3 is 73.0 Å². The van der Waals surface area contributed by atoms with Crippen LogP contribution >= 0.6 is 0 Å². The number of esters is 3. The first-order chi connectivity index (χ1) is 63.5. The van der Waals surface area contributed by atoms with Gasteiger partial charge in [-0.15, -0.1) is 0 Å². The second-order valence-electron chi connectivity index (χ2n) is 30.9. The van der Waals surface area contributed by atoms with Crippen LogP contribution in [0.25, 0.3) is 11.1 Å². The van der Waals surface area contributed by atoms with Gasteiger partial charge in [-0.2, -0.15) is 36.3 Å². The van der Waals surface area contributed by atoms with Crippen LogP contribution in [0.15, 0.2) is 248 Å². The third-order valence-electron chi connectivity index (χ3n) is 19.8. The number of benzene rings is 4. The highest BCUT2D eigenvalue weighted by atomic mass is 19.4. The molecule has 13 rings (SSSR count). The molecule has 2 amide bonds. The van der Waals surface area contributed by atoms with E-state index in [1.54, 1.807) is 104 Å². The number of halogens is 6. The van der Waals surface area contributed by atoms with Crippen LogP contribution in [0.5, 0.6) is 0 Å². The minimum atomic E-state index is -4.45. The van der Waals surface area contributed by atoms with Crippen molar-refractivity contribution in [3.05, 3.63) is 363 Å². The third-order valence-corrected chi connectivity index (χ3v) is 19.8. The fourth-order valence-electron chi connectivity index (χ4n) is 12.4. The molecule has 718 valence electrons. The molecule has 5 unspecified atom stereocenters. The van der Waals surface area contributed by atoms with E-state index in [-0.39, 0.29) is 98.2 Å². The number of nitrogens with zero attached hydrogens (tertiary/aromatic N) is 9. The average Bonchev–Trinajstić information content (AvgIpc) is 1.79. The van der Waals surface area contributed by atoms with Gasteiger partial charge in [-0.05, 0) is 204 Å². The maximum atomic E-state index is 13.0. The van der Waals surface area contributed by atoms with Crippen LogP contribution in [0.4, 0.5) is 31.1 Å². The van der Waals surface area contributed by atoms with E-state index in [0.717, 1.165) is 87.5 Å². The lowest BCUT2D eigenvalue weighted by molar-refractivity contribution is -0.146. The molecule has 7 heterocycles. The van der Waals surface area contributed by atoms with Gasteiger partial charge in [0, 0.05) is 72.1 Å². The fraction of sp³-hybridized carbons (Fsp3) is 0.323. The number of rotatable bonds is 24. The van der Waals surface area contributed by atoms with Crippen molar-refractivity contribution in [2.45, 2.75) is 185 Å². The number of aryl methyl sites for hydroxylation is 2. The number of alkyl carbamates (subject to hydrolysis) is 1. The summed E-state index contributed by atoms with van der Waals surface area (Å²) in [6.07, 6.45) is 9.17. The Morgan fingerprint density at radius 2 is 0.911 bits per heavy atom. The number of carbonyl (C=O) groups is 6. The number of aromatic nitrogens is 9. The Balaban J connectivity index is 0.000000254. The summed E-state index contributed by atoms with van der Waals surface area (Å²) in [5.41, 5.74) is 12.7. The van der Waals surface area contributed by atoms with Crippen LogP contribution in [-0.4, -0.2) is 129 Å². The highest BCUT2D eigenvalue weighted by molar-refractivity contribution is 6.14. The number of carboxylic acids is 1. The molecule has 0 aliphatic heterocycles. The number of methoxy groups -OCH3 is 1. The number of allylic oxidation sites excluding steroid dienone is 4. The lowest BCUT2D eigenvalue weighted by Gasteiger charge is -2.19. The van der Waals surface area contributed by atoms with Crippen LogP contribution in [-0.2, 0) is 71.6 Å². The maximum absolute atomic E-state index is 13.0. The first kappa shape index (κ1) is 109. The average molecular weight is 1870 g/mol. The molecule has 0 bridgehead atoms. The normalized spacial score (nSPS) is 12.7. The van der Waals surface area contributed by atoms with Crippen LogP contribution in [0.1, 0.15) is 243 Å². The number of hydrogen-bond donors (Lipinski definition) is 5. The molecule has 0 fully saturated rings. The molecule has 0 saturated heterocycles. The Labute approximate surface area is 776 Å². The smallest absolute Gasteiger partial charge is 0.416 e. The van der Waals surface area contributed by atoms with Gasteiger partial charge in [-0.3, -0.25) is 29.1 Å². The quantitative estimate of drug-likeness (QED) is 0.00548. The molecule has 7 aromatic heterocycles. The molecule has 0 spiro atoms. The van der Waals surface area contributed by atoms with Gasteiger partial charge in [0.15, 0.2) is 11.6 Å². The zero-order chi connectivity index (χ0) is 98.7. The predicted octanol–water partition coefficient (Wildman–Crippen LogP) is 17.4. The number of hydrogen-bond acceptors (Lipinski definition) is 24. The van der Waals surface area contributed by atoms with Gasteiger partial charge in [-0.1, -0.05) is 133 Å². The number of nitrogens with one attached hydrogen (secondary N) is 2. The Hall–Kier alpha value is -14.8. The molecule has 11 aromatic rings. The van der Waals surface area contributed by atoms with Crippen LogP contribution in [0.2, 0.25) is 0 Å². The zero-order valence-corrected chi connectivity index (χ0v) is 76.6. The van der Waals surface area contributed by atoms with E-state index < -0.39 is 82.1 Å². The van der Waals surface area contributed by atoms with E-state index in [9.17, 15) is 69.5 Å². The van der Waals surface area contributed by atoms with Gasteiger partial charge in [0.25, 0.3) is 34.4 Å². The minimum Gasteiger partial charge on any atom is -0.504 e. The molecule has 4 aromatic carbocycles. The fourth-order valence-corrected chi connectivity index (χ4v) is 12.4. The van der Waals surface area contributed by atoms with Crippen molar-refractivity contribution >= 4 is 47.0 Å². The molecule has 2 aliphatic rings. The molecule has 30 nitrogen and oxygen atoms in total. The van der Waals surface area contributed by atoms with Crippen molar-refractivity contribution in [3.63, 3.8) is 0 Å². The van der Waals surface area contributed by atoms with Gasteiger partial charge in [0.05, 0.1) is 93.0 Å². The van der Waals surface area contributed by atoms with E-state index >= 15 is 0 Å². The van der Waals surface area contributed by atoms with E-state index in [2.05, 4.69) is 45.6 Å². The number of alkyl halides is 6. The molecule has 0 radical (unpaired) electrons. The highest BCUT2D eigenvalue weighted by Gasteiger charge is 2.33. The lowest BCUT2D eigenvalue weighted by atomic mass is 10.1. The molecular formula is C99H112F6N12O18. The van der Waals surface area contributed by atoms with Gasteiger partial charge in [0.2, 0.25) is 0 Å². The Morgan fingerprint density at radius 1 is 0.533 bits per heavy atom. The van der Waals surface area contributed by atoms with Crippen LogP contribution < -0.4 is 33.0 Å². The number of nitrogens with two attached hydrogens (primary N) is 1. The Kier molecular flexibility index (Phi) is 41.8. The summed E-state index contributed by atoms with van der Waals surface area (Å²) >= 11 is 0. The largest absolute Gasteiger partial charge is 0.504 e. The van der Waals surface area contributed by atoms with Crippen molar-refractivity contribution in [1.29, 1.82) is 0 Å². The van der Waals surface area contributed by atoms with Crippen molar-refractivity contribution < 1.29 is 98.1 Å². The number of aliphatic hydroxyl groups is 1. The van der Waals surface area contributed by atoms with Crippen LogP contribution in [0, 0.1) is 13.8 Å². The molecule has 5 atom stereocenters. The SMILES string of the molecule is C.CC(C)(C)OC(=O)NCc1noc(C2=CCc3ncccc32)n1.CC(N)c1ccc(C(F)(F)F)cc1.CC(c1ccc(C(F)(F)F)cc1)n1cccc(C(=O)NCc2noc(C3=CCc4ncccc43)n2)c1=O.CCC(C)O.CCOC(=O)C(=C/C=C/OC)C(=O)OCC.CCOC(=O)c1cccn(C(C)c2ccc(C)cc2)c1=O.Cc1ccc(C(C)n2cccc(C(=O)O)c2=O)cc1. The molecule has 36 heteroatoms. The first-order valence-corrected chi connectivity index (χ1v) is 42.4. The highest BCUT2D eigenvalue weighted by Crippen LogP contribution is 2.34. The summed E-state index contributed by atoms with van der Waals surface area (Å²) in [5.74, 6) is -2.46. The van der Waals surface area contributed by atoms with Crippen molar-refractivity contribution in [3.8, 4) is 0 Å². The summed E-state index contributed by atoms with van der Waals surface area (Å²) in [5, 5.41) is 30.3. The number of amides is 2. The van der Waals surface area contributed by atoms with E-state index in [1.165, 1.54) is 94.9 Å². The number of aromatic carboxylic acids is 1. The monoisotopic (exact) mass is 1870 g/mol. The lowest BCUT2D eigenvalue weighted by Crippen LogP contribution is -2.34. The summed E-state index contributed by atoms with van der Waals surface area (Å²) < 4.78 is 114. The number of pyridine rings is 5. The summed E-state index contributed by atoms with van der Waals surface area (Å²) in [6.45, 7) is 26.1. The van der Waals surface area contributed by atoms with Crippen molar-refractivity contribution in [2.75, 3.05) is 26.9 Å². The number of aliphatic hydroxyl groups excluding tert-OH is 1. The standard InChI is InChI=1S/C26H20F3N5O3.C17H19NO3.C16H18N4O3.C15H15NO3.C11H16O5.C9H10F3N.C4H10O.CH4/c1-15(16-6-8-17(9-7-16)26(27,28)29)34-13-3-5-20(25(34)36)23(35)31-14-22-32-24(37-33-22)19-10-11-21-18(19)4-2-12-30-21;1-4-21-17(20)15-6-5-11-18(16(15)19)13(3)14-9-7-12(2)8-10-14;1-16(2,3)22-15(21)18-9-13-19-14(23-20-13)11-6-7-12-10(11)5-4-8-17-12;1-10-5-7-12(8-6-10)11(2)16-9-3-4-13(14(16)17)15(18)19;1-4-15-10(12)9(7-6-8-14-3)11(13)16-5-2;1-6(13)7-2-4-8(5-3-7)9(10,11)12;1-3-4(2)5;/h2-10,12-13,15H,11,14H2,1H3,(H,31,35);5-11,13H,4H2,1-3H3;4-6,8H,7,9H2,1-3H3,(H,18,21);3-9,11H,1-2H3,(H,18,19);6-8H,4-5H2,1-3H3;2-6H,13H2,1H3;4-5H,3H2,1-2H3;1H4/b;;;;8-6+;;;. The van der Waals surface area contributed by atoms with Gasteiger partial charge in [0.1, 0.15) is 27.9 Å². The molecule has 6 N–H and O–H groups in total. The summed E-state index contributed by atoms with van der Waals surface area (Å²) in [4.78, 5) is 125. The maximum Gasteiger partial charge on any atom is 0.416 e. The van der Waals surface area contributed by atoms with Crippen molar-refractivity contribution in [1.82, 2.24) is 54.6 Å². The van der Waals surface area contributed by atoms with E-state index in [4.69, 9.17) is 43.9 Å². The first-order valence-electron chi connectivity index (χ1n) is 42.4. The molecule has 0 saturated carbocycles. The number of ether oxygens (including phenoxy) is 5. The zero-order valence-electron chi connectivity index (χ0n) is 76.6. The van der Waals surface area contributed by atoms with E-state index in [0.29, 0.717) is 35.2 Å². The Morgan fingerprint density at radius 3 is 1.29 bits per heavy atom. The Bertz CT molecular complexity index is 6070. The number of fused-ring (bicyclic) bond motifs is 2. The number of carbonyl (C=O) groups excluding carboxylic acids is 5. The molecule has 2 aliphatic carbocycles. The molecular weight excluding hydrogens is 1760 g/mol. The summed E-state index contributed by atoms with van der Waals surface area (Å²) in [7, 11) is 1.46. The van der Waals surface area contributed by atoms with Crippen LogP contribution in [0.3, 0.4) is 0 Å². The molecule has 135 heavy (non-hydrogen) atoms. The number of carboxylic acid groups (broad SMARTS) is 1. The second kappa shape index (κ2) is 51.9. The van der Waals surface area contributed by atoms with Gasteiger partial charge in [-0.25, -0.2) is 24.0 Å². The summed E-state index contributed by atoms with van der Waals surface area (Å²) in [6, 6.07) is 40.7. The minimum absolute atomic E-state index is 0. The van der Waals surface area contributed by atoms with E-state index in [1.807, 2.05) is 120 Å². The van der Waals surface area contributed by atoms with Crippen molar-refractivity contribution in [2.24, 2.45) is 5.73 Å². The second-order valence-corrected chi connectivity index (χ2v) is 30.9. The third kappa shape index (κ3) is 32.6. The topological polar surface area (TPSA) is 409 Å². The van der Waals surface area contributed by atoms with Gasteiger partial charge >= 0.3 is 42.3 Å². The predicted molar refractivity (Wildman–Crippen MR) is 493 cm³/mol.